The Morgan fingerprint density at radius 1 is 1.38 bits per heavy atom. The molecule has 0 aliphatic carbocycles. The van der Waals surface area contributed by atoms with Crippen molar-refractivity contribution in [2.45, 2.75) is 38.4 Å². The third kappa shape index (κ3) is 4.42. The van der Waals surface area contributed by atoms with Crippen LogP contribution in [0.2, 0.25) is 0 Å². The van der Waals surface area contributed by atoms with Crippen LogP contribution in [0.4, 0.5) is 5.82 Å². The lowest BCUT2D eigenvalue weighted by Gasteiger charge is -2.25. The topological polar surface area (TPSA) is 67.8 Å². The third-order valence-corrected chi connectivity index (χ3v) is 4.59. The number of nitrogens with zero attached hydrogens (tertiary/aromatic N) is 4. The van der Waals surface area contributed by atoms with Gasteiger partial charge in [-0.15, -0.1) is 5.10 Å². The minimum atomic E-state index is -0.419. The van der Waals surface area contributed by atoms with E-state index in [9.17, 15) is 4.79 Å². The van der Waals surface area contributed by atoms with Crippen LogP contribution in [-0.2, 0) is 14.3 Å². The Morgan fingerprint density at radius 2 is 2.29 bits per heavy atom. The van der Waals surface area contributed by atoms with E-state index in [1.54, 1.807) is 6.20 Å². The second kappa shape index (κ2) is 8.39. The van der Waals surface area contributed by atoms with Crippen LogP contribution in [0, 0.1) is 0 Å². The molecule has 3 rings (SSSR count). The maximum absolute atomic E-state index is 12.6. The molecule has 0 aromatic carbocycles. The first-order valence-electron chi connectivity index (χ1n) is 8.78. The molecular formula is C17H26N4O3. The second-order valence-electron chi connectivity index (χ2n) is 6.36. The van der Waals surface area contributed by atoms with Crippen LogP contribution >= 0.6 is 0 Å². The van der Waals surface area contributed by atoms with Crippen molar-refractivity contribution >= 4 is 11.7 Å². The van der Waals surface area contributed by atoms with Crippen LogP contribution in [-0.4, -0.2) is 72.6 Å². The number of ether oxygens (including phenoxy) is 2. The van der Waals surface area contributed by atoms with Crippen molar-refractivity contribution in [3.8, 4) is 0 Å². The lowest BCUT2D eigenvalue weighted by molar-refractivity contribution is -0.144. The molecule has 1 aromatic rings. The fourth-order valence-corrected chi connectivity index (χ4v) is 3.18. The van der Waals surface area contributed by atoms with Gasteiger partial charge < -0.3 is 19.3 Å². The molecule has 0 saturated carbocycles. The smallest absolute Gasteiger partial charge is 0.251 e. The van der Waals surface area contributed by atoms with Crippen LogP contribution in [0.5, 0.6) is 0 Å². The van der Waals surface area contributed by atoms with Crippen molar-refractivity contribution in [3.05, 3.63) is 18.3 Å². The first-order chi connectivity index (χ1) is 11.7. The molecule has 0 N–H and O–H groups in total. The van der Waals surface area contributed by atoms with Gasteiger partial charge in [-0.05, 0) is 38.3 Å². The molecule has 2 aliphatic heterocycles. The van der Waals surface area contributed by atoms with Gasteiger partial charge in [0, 0.05) is 39.0 Å². The Hall–Kier alpha value is -1.73. The van der Waals surface area contributed by atoms with Gasteiger partial charge in [-0.3, -0.25) is 4.79 Å². The number of hydrogen-bond acceptors (Lipinski definition) is 6. The zero-order valence-electron chi connectivity index (χ0n) is 14.3. The predicted octanol–water partition coefficient (Wildman–Crippen LogP) is 1.10. The fourth-order valence-electron chi connectivity index (χ4n) is 3.18. The van der Waals surface area contributed by atoms with E-state index >= 15 is 0 Å². The van der Waals surface area contributed by atoms with Gasteiger partial charge in [0.05, 0.1) is 12.7 Å². The third-order valence-electron chi connectivity index (χ3n) is 4.59. The molecular weight excluding hydrogens is 308 g/mol. The summed E-state index contributed by atoms with van der Waals surface area (Å²) in [6, 6.07) is 3.84. The predicted molar refractivity (Wildman–Crippen MR) is 89.8 cm³/mol. The van der Waals surface area contributed by atoms with Crippen molar-refractivity contribution in [1.29, 1.82) is 0 Å². The van der Waals surface area contributed by atoms with Crippen molar-refractivity contribution in [1.82, 2.24) is 15.1 Å². The number of aromatic nitrogens is 2. The van der Waals surface area contributed by atoms with Gasteiger partial charge in [0.2, 0.25) is 0 Å². The number of amides is 1. The summed E-state index contributed by atoms with van der Waals surface area (Å²) in [4.78, 5) is 16.7. The normalized spacial score (nSPS) is 23.1. The highest BCUT2D eigenvalue weighted by atomic mass is 16.5. The number of anilines is 1. The molecule has 1 amide bonds. The van der Waals surface area contributed by atoms with Gasteiger partial charge in [-0.1, -0.05) is 0 Å². The number of rotatable bonds is 5. The standard InChI is InChI=1S/C17H26N4O3/c1-14(24-13-15-5-3-12-23-15)17(22)21-9-4-8-20(10-11-21)16-6-2-7-18-19-16/h2,6-7,14-15H,3-5,8-13H2,1H3/t14-,15+/m1/s1. The van der Waals surface area contributed by atoms with Crippen molar-refractivity contribution in [2.24, 2.45) is 0 Å². The molecule has 0 spiro atoms. The van der Waals surface area contributed by atoms with Gasteiger partial charge in [0.25, 0.3) is 5.91 Å². The highest BCUT2D eigenvalue weighted by Crippen LogP contribution is 2.15. The van der Waals surface area contributed by atoms with Gasteiger partial charge >= 0.3 is 0 Å². The number of carbonyl (C=O) groups is 1. The fraction of sp³-hybridized carbons (Fsp3) is 0.706. The molecule has 2 saturated heterocycles. The monoisotopic (exact) mass is 334 g/mol. The van der Waals surface area contributed by atoms with E-state index in [-0.39, 0.29) is 12.0 Å². The molecule has 7 heteroatoms. The van der Waals surface area contributed by atoms with Gasteiger partial charge in [0.1, 0.15) is 6.10 Å². The Kier molecular flexibility index (Phi) is 5.98. The van der Waals surface area contributed by atoms with Crippen molar-refractivity contribution in [3.63, 3.8) is 0 Å². The largest absolute Gasteiger partial charge is 0.376 e. The summed E-state index contributed by atoms with van der Waals surface area (Å²) in [6.07, 6.45) is 4.43. The maximum Gasteiger partial charge on any atom is 0.251 e. The first kappa shape index (κ1) is 17.1. The molecule has 0 bridgehead atoms. The number of carbonyl (C=O) groups excluding carboxylic acids is 1. The van der Waals surface area contributed by atoms with Gasteiger partial charge in [0.15, 0.2) is 5.82 Å². The maximum atomic E-state index is 12.6. The zero-order chi connectivity index (χ0) is 16.8. The van der Waals surface area contributed by atoms with Gasteiger partial charge in [-0.25, -0.2) is 0 Å². The number of hydrogen-bond donors (Lipinski definition) is 0. The summed E-state index contributed by atoms with van der Waals surface area (Å²) in [5.74, 6) is 0.934. The Bertz CT molecular complexity index is 522. The zero-order valence-corrected chi connectivity index (χ0v) is 14.3. The van der Waals surface area contributed by atoms with Crippen LogP contribution < -0.4 is 4.90 Å². The molecule has 0 unspecified atom stereocenters. The summed E-state index contributed by atoms with van der Waals surface area (Å²) in [5, 5.41) is 8.09. The first-order valence-corrected chi connectivity index (χ1v) is 8.78. The average molecular weight is 334 g/mol. The summed E-state index contributed by atoms with van der Waals surface area (Å²) < 4.78 is 11.3. The Morgan fingerprint density at radius 3 is 3.04 bits per heavy atom. The molecule has 1 aromatic heterocycles. The van der Waals surface area contributed by atoms with E-state index in [0.717, 1.165) is 51.3 Å². The van der Waals surface area contributed by atoms with Crippen LogP contribution in [0.1, 0.15) is 26.2 Å². The quantitative estimate of drug-likeness (QED) is 0.803. The minimum Gasteiger partial charge on any atom is -0.376 e. The van der Waals surface area contributed by atoms with E-state index in [1.807, 2.05) is 24.0 Å². The average Bonchev–Trinajstić information content (AvgIpc) is 3.02. The van der Waals surface area contributed by atoms with Crippen molar-refractivity contribution < 1.29 is 14.3 Å². The molecule has 2 aliphatic rings. The van der Waals surface area contributed by atoms with Crippen LogP contribution in [0.3, 0.4) is 0 Å². The summed E-state index contributed by atoms with van der Waals surface area (Å²) in [6.45, 7) is 6.23. The lowest BCUT2D eigenvalue weighted by atomic mass is 10.2. The van der Waals surface area contributed by atoms with E-state index in [2.05, 4.69) is 15.1 Å². The summed E-state index contributed by atoms with van der Waals surface area (Å²) in [7, 11) is 0. The molecule has 132 valence electrons. The van der Waals surface area contributed by atoms with Crippen molar-refractivity contribution in [2.75, 3.05) is 44.3 Å². The Labute approximate surface area is 142 Å². The molecule has 7 nitrogen and oxygen atoms in total. The molecule has 2 atom stereocenters. The minimum absolute atomic E-state index is 0.0639. The molecule has 3 heterocycles. The van der Waals surface area contributed by atoms with Crippen LogP contribution in [0.25, 0.3) is 0 Å². The molecule has 0 radical (unpaired) electrons. The van der Waals surface area contributed by atoms with E-state index in [4.69, 9.17) is 9.47 Å². The van der Waals surface area contributed by atoms with E-state index in [0.29, 0.717) is 13.2 Å². The SMILES string of the molecule is C[C@@H](OC[C@@H]1CCCO1)C(=O)N1CCCN(c2cccnn2)CC1. The Balaban J connectivity index is 1.48. The van der Waals surface area contributed by atoms with E-state index in [1.165, 1.54) is 0 Å². The summed E-state index contributed by atoms with van der Waals surface area (Å²) in [5.41, 5.74) is 0. The summed E-state index contributed by atoms with van der Waals surface area (Å²) >= 11 is 0. The highest BCUT2D eigenvalue weighted by Gasteiger charge is 2.25. The molecule has 24 heavy (non-hydrogen) atoms. The van der Waals surface area contributed by atoms with Gasteiger partial charge in [-0.2, -0.15) is 5.10 Å². The molecule has 2 fully saturated rings. The van der Waals surface area contributed by atoms with Crippen LogP contribution in [0.15, 0.2) is 18.3 Å². The lowest BCUT2D eigenvalue weighted by Crippen LogP contribution is -2.42. The van der Waals surface area contributed by atoms with E-state index < -0.39 is 6.10 Å². The highest BCUT2D eigenvalue weighted by molar-refractivity contribution is 5.80. The second-order valence-corrected chi connectivity index (χ2v) is 6.36.